The van der Waals surface area contributed by atoms with Crippen LogP contribution in [-0.4, -0.2) is 123 Å². The van der Waals surface area contributed by atoms with Crippen LogP contribution in [0.15, 0.2) is 24.5 Å². The minimum absolute atomic E-state index is 0.0389. The van der Waals surface area contributed by atoms with Crippen molar-refractivity contribution >= 4 is 40.8 Å². The molecule has 0 aliphatic carbocycles. The number of thioether (sulfide) groups is 1. The molecule has 0 spiro atoms. The second kappa shape index (κ2) is 12.2. The fourth-order valence-electron chi connectivity index (χ4n) is 4.12. The quantitative estimate of drug-likeness (QED) is 0.324. The molecule has 4 atom stereocenters. The lowest BCUT2D eigenvalue weighted by Crippen LogP contribution is -2.76. The number of amides is 3. The van der Waals surface area contributed by atoms with Crippen LogP contribution in [0.1, 0.15) is 17.3 Å². The van der Waals surface area contributed by atoms with Crippen molar-refractivity contribution in [3.63, 3.8) is 0 Å². The molecule has 3 rings (SSSR count). The molecule has 1 aromatic heterocycles. The zero-order valence-corrected chi connectivity index (χ0v) is 21.5. The molecule has 0 aromatic carbocycles. The molecule has 13 heteroatoms. The zero-order valence-electron chi connectivity index (χ0n) is 19.9. The van der Waals surface area contributed by atoms with Gasteiger partial charge in [0.05, 0.1) is 25.3 Å². The molecule has 1 N–H and O–H groups in total. The maximum atomic E-state index is 13.5. The van der Waals surface area contributed by atoms with Crippen molar-refractivity contribution in [1.29, 1.82) is 0 Å². The lowest BCUT2D eigenvalue weighted by molar-refractivity contribution is -0.171. The molecule has 188 valence electrons. The smallest absolute Gasteiger partial charge is 0.257 e. The van der Waals surface area contributed by atoms with Gasteiger partial charge in [0.15, 0.2) is 0 Å². The minimum atomic E-state index is -1.48. The van der Waals surface area contributed by atoms with Crippen molar-refractivity contribution in [1.82, 2.24) is 29.5 Å². The van der Waals surface area contributed by atoms with Gasteiger partial charge in [-0.2, -0.15) is 16.8 Å². The molecule has 11 nitrogen and oxygen atoms in total. The fourth-order valence-corrected chi connectivity index (χ4v) is 5.45. The second-order valence-corrected chi connectivity index (χ2v) is 10.6. The molecular weight excluding hydrogens is 480 g/mol. The van der Waals surface area contributed by atoms with E-state index < -0.39 is 29.6 Å². The molecule has 3 amide bonds. The Hall–Kier alpha value is -1.90. The van der Waals surface area contributed by atoms with E-state index in [-0.39, 0.29) is 30.8 Å². The Bertz CT molecular complexity index is 861. The van der Waals surface area contributed by atoms with E-state index in [9.17, 15) is 18.9 Å². The first-order valence-corrected chi connectivity index (χ1v) is 13.7. The summed E-state index contributed by atoms with van der Waals surface area (Å²) in [5, 5.41) is 1.56. The summed E-state index contributed by atoms with van der Waals surface area (Å²) in [7, 11) is 3.53. The van der Waals surface area contributed by atoms with Gasteiger partial charge in [-0.25, -0.2) is 0 Å². The first kappa shape index (κ1) is 26.7. The summed E-state index contributed by atoms with van der Waals surface area (Å²) >= 11 is 0.0741. The Balaban J connectivity index is 1.96. The summed E-state index contributed by atoms with van der Waals surface area (Å²) < 4.78 is 14.7. The Labute approximate surface area is 207 Å². The third-order valence-electron chi connectivity index (χ3n) is 5.60. The van der Waals surface area contributed by atoms with Gasteiger partial charge in [0.25, 0.3) is 5.91 Å². The highest BCUT2D eigenvalue weighted by Gasteiger charge is 2.52. The maximum Gasteiger partial charge on any atom is 0.257 e. The van der Waals surface area contributed by atoms with Gasteiger partial charge in [-0.05, 0) is 17.9 Å². The number of hydrogen-bond donors (Lipinski definition) is 1. The number of piperazine rings is 1. The molecule has 3 heterocycles. The maximum absolute atomic E-state index is 13.5. The van der Waals surface area contributed by atoms with Crippen molar-refractivity contribution in [3.05, 3.63) is 30.1 Å². The summed E-state index contributed by atoms with van der Waals surface area (Å²) in [4.78, 5) is 54.7. The number of fused-ring (bicyclic) bond motifs is 1. The Morgan fingerprint density at radius 3 is 2.74 bits per heavy atom. The number of rotatable bonds is 10. The number of hydrogen-bond acceptors (Lipinski definition) is 9. The van der Waals surface area contributed by atoms with E-state index in [4.69, 9.17) is 4.84 Å². The molecule has 1 aromatic rings. The first-order chi connectivity index (χ1) is 16.2. The highest BCUT2D eigenvalue weighted by atomic mass is 32.2. The van der Waals surface area contributed by atoms with Gasteiger partial charge in [-0.3, -0.25) is 24.2 Å². The number of aromatic nitrogens is 1. The van der Waals surface area contributed by atoms with E-state index in [1.165, 1.54) is 17.4 Å². The van der Waals surface area contributed by atoms with Gasteiger partial charge in [-0.1, -0.05) is 6.92 Å². The third kappa shape index (κ3) is 6.20. The summed E-state index contributed by atoms with van der Waals surface area (Å²) in [6.45, 7) is 2.82. The number of pyridine rings is 1. The SMILES string of the molecule is CCSC[C@H]1C(=O)N(CCON(C)C)CC2N(C(=O)c3cccnc3)C[C@H](N[S+](C)[O-])C(=O)N21. The molecule has 34 heavy (non-hydrogen) atoms. The first-order valence-electron chi connectivity index (χ1n) is 11.0. The van der Waals surface area contributed by atoms with Gasteiger partial charge in [-0.15, -0.1) is 4.72 Å². The lowest BCUT2D eigenvalue weighted by atomic mass is 10.0. The summed E-state index contributed by atoms with van der Waals surface area (Å²) in [6, 6.07) is 1.72. The van der Waals surface area contributed by atoms with E-state index >= 15 is 0 Å². The van der Waals surface area contributed by atoms with Crippen LogP contribution in [0, 0.1) is 0 Å². The van der Waals surface area contributed by atoms with E-state index in [0.29, 0.717) is 24.5 Å². The molecule has 2 aliphatic heterocycles. The van der Waals surface area contributed by atoms with Gasteiger partial charge in [0.2, 0.25) is 11.8 Å². The Morgan fingerprint density at radius 1 is 1.35 bits per heavy atom. The molecular formula is C21H32N6O5S2. The molecule has 2 unspecified atom stereocenters. The van der Waals surface area contributed by atoms with Crippen LogP contribution in [0.3, 0.4) is 0 Å². The molecule has 0 radical (unpaired) electrons. The standard InChI is InChI=1S/C21H32N6O5S2/c1-5-33-14-17-21(30)25(9-10-32-24(2)3)13-18-26(19(28)15-7-6-8-22-11-15)12-16(23-34(4)31)20(29)27(17)18/h6-8,11,16-18,23H,5,9-10,12-14H2,1-4H3/t16-,17-,18?,34?/m0/s1. The van der Waals surface area contributed by atoms with Gasteiger partial charge < -0.3 is 19.3 Å². The number of nitrogens with zero attached hydrogens (tertiary/aromatic N) is 5. The normalized spacial score (nSPS) is 23.9. The average molecular weight is 513 g/mol. The number of hydroxylamine groups is 2. The lowest BCUT2D eigenvalue weighted by Gasteiger charge is -2.53. The van der Waals surface area contributed by atoms with Gasteiger partial charge in [0, 0.05) is 50.1 Å². The monoisotopic (exact) mass is 512 g/mol. The fraction of sp³-hybridized carbons (Fsp3) is 0.619. The van der Waals surface area contributed by atoms with Crippen molar-refractivity contribution < 1.29 is 23.8 Å². The number of carbonyl (C=O) groups is 3. The molecule has 0 bridgehead atoms. The minimum Gasteiger partial charge on any atom is -0.598 e. The van der Waals surface area contributed by atoms with Crippen molar-refractivity contribution in [2.24, 2.45) is 0 Å². The highest BCUT2D eigenvalue weighted by Crippen LogP contribution is 2.29. The summed E-state index contributed by atoms with van der Waals surface area (Å²) in [5.74, 6) is 0.373. The van der Waals surface area contributed by atoms with Crippen LogP contribution in [0.25, 0.3) is 0 Å². The summed E-state index contributed by atoms with van der Waals surface area (Å²) in [5.41, 5.74) is 0.382. The second-order valence-electron chi connectivity index (χ2n) is 8.16. The van der Waals surface area contributed by atoms with Crippen LogP contribution in [0.5, 0.6) is 0 Å². The Morgan fingerprint density at radius 2 is 2.12 bits per heavy atom. The van der Waals surface area contributed by atoms with Gasteiger partial charge in [0.1, 0.15) is 24.5 Å². The third-order valence-corrected chi connectivity index (χ3v) is 7.17. The van der Waals surface area contributed by atoms with E-state index in [1.807, 2.05) is 6.92 Å². The van der Waals surface area contributed by atoms with E-state index in [0.717, 1.165) is 5.75 Å². The molecule has 2 saturated heterocycles. The zero-order chi connectivity index (χ0) is 24.8. The number of carbonyl (C=O) groups excluding carboxylic acids is 3. The predicted octanol–water partition coefficient (Wildman–Crippen LogP) is -0.599. The largest absolute Gasteiger partial charge is 0.598 e. The van der Waals surface area contributed by atoms with Crippen LogP contribution in [0.2, 0.25) is 0 Å². The molecule has 0 saturated carbocycles. The van der Waals surface area contributed by atoms with Crippen molar-refractivity contribution in [2.45, 2.75) is 25.2 Å². The van der Waals surface area contributed by atoms with E-state index in [2.05, 4.69) is 9.71 Å². The molecule has 2 aliphatic rings. The molecule has 2 fully saturated rings. The highest BCUT2D eigenvalue weighted by molar-refractivity contribution is 7.99. The predicted molar refractivity (Wildman–Crippen MR) is 130 cm³/mol. The average Bonchev–Trinajstić information content (AvgIpc) is 2.80. The summed E-state index contributed by atoms with van der Waals surface area (Å²) in [6.07, 6.45) is 3.84. The van der Waals surface area contributed by atoms with Crippen LogP contribution >= 0.6 is 11.8 Å². The topological polar surface area (TPSA) is 121 Å². The van der Waals surface area contributed by atoms with Crippen LogP contribution in [0.4, 0.5) is 0 Å². The van der Waals surface area contributed by atoms with Crippen LogP contribution in [-0.2, 0) is 25.8 Å². The van der Waals surface area contributed by atoms with Crippen LogP contribution < -0.4 is 4.72 Å². The van der Waals surface area contributed by atoms with Crippen molar-refractivity contribution in [3.8, 4) is 0 Å². The van der Waals surface area contributed by atoms with E-state index in [1.54, 1.807) is 59.0 Å². The number of nitrogens with one attached hydrogen (secondary N) is 1. The van der Waals surface area contributed by atoms with Crippen molar-refractivity contribution in [2.75, 3.05) is 58.1 Å². The Kier molecular flexibility index (Phi) is 9.56. The van der Waals surface area contributed by atoms with Gasteiger partial charge >= 0.3 is 0 Å².